The molecule has 0 aromatic heterocycles. The number of ether oxygens (including phenoxy) is 1. The Kier molecular flexibility index (Phi) is 5.67. The SMILES string of the molecule is C=CCN(CCO)C(=O)c1cccc([N+](=O)[O-])c1OC. The number of carbonyl (C=O) groups is 1. The number of hydrogen-bond donors (Lipinski definition) is 1. The summed E-state index contributed by atoms with van der Waals surface area (Å²) >= 11 is 0. The average molecular weight is 280 g/mol. The number of aliphatic hydroxyl groups is 1. The van der Waals surface area contributed by atoms with Crippen LogP contribution >= 0.6 is 0 Å². The molecule has 7 heteroatoms. The summed E-state index contributed by atoms with van der Waals surface area (Å²) in [6.45, 7) is 3.66. The number of rotatable bonds is 7. The maximum atomic E-state index is 12.3. The number of nitro benzene ring substituents is 1. The van der Waals surface area contributed by atoms with Gasteiger partial charge in [0.15, 0.2) is 0 Å². The molecule has 1 aromatic carbocycles. The number of carbonyl (C=O) groups excluding carboxylic acids is 1. The molecule has 20 heavy (non-hydrogen) atoms. The Labute approximate surface area is 116 Å². The fourth-order valence-corrected chi connectivity index (χ4v) is 1.77. The predicted octanol–water partition coefficient (Wildman–Crippen LogP) is 1.22. The van der Waals surface area contributed by atoms with Crippen LogP contribution in [-0.4, -0.2) is 47.6 Å². The molecular weight excluding hydrogens is 264 g/mol. The highest BCUT2D eigenvalue weighted by molar-refractivity contribution is 5.98. The van der Waals surface area contributed by atoms with Gasteiger partial charge in [-0.05, 0) is 6.07 Å². The minimum Gasteiger partial charge on any atom is -0.490 e. The molecule has 0 fully saturated rings. The Hall–Kier alpha value is -2.41. The second-order valence-corrected chi connectivity index (χ2v) is 3.88. The number of hydrogen-bond acceptors (Lipinski definition) is 5. The lowest BCUT2D eigenvalue weighted by Gasteiger charge is -2.20. The van der Waals surface area contributed by atoms with Crippen molar-refractivity contribution in [2.75, 3.05) is 26.8 Å². The van der Waals surface area contributed by atoms with Gasteiger partial charge in [0.1, 0.15) is 0 Å². The number of aliphatic hydroxyl groups excluding tert-OH is 1. The molecule has 108 valence electrons. The van der Waals surface area contributed by atoms with Gasteiger partial charge in [-0.15, -0.1) is 6.58 Å². The molecule has 0 atom stereocenters. The van der Waals surface area contributed by atoms with Crippen molar-refractivity contribution >= 4 is 11.6 Å². The van der Waals surface area contributed by atoms with E-state index in [0.717, 1.165) is 0 Å². The Morgan fingerprint density at radius 3 is 2.80 bits per heavy atom. The second kappa shape index (κ2) is 7.25. The van der Waals surface area contributed by atoms with Gasteiger partial charge < -0.3 is 14.7 Å². The van der Waals surface area contributed by atoms with E-state index in [1.54, 1.807) is 0 Å². The molecule has 1 aromatic rings. The van der Waals surface area contributed by atoms with E-state index in [1.807, 2.05) is 0 Å². The third kappa shape index (κ3) is 3.33. The molecule has 0 aliphatic rings. The molecule has 7 nitrogen and oxygen atoms in total. The topological polar surface area (TPSA) is 92.9 Å². The van der Waals surface area contributed by atoms with E-state index in [2.05, 4.69) is 6.58 Å². The molecule has 1 rings (SSSR count). The summed E-state index contributed by atoms with van der Waals surface area (Å²) in [5.41, 5.74) is -0.196. The first kappa shape index (κ1) is 15.6. The molecule has 0 aliphatic heterocycles. The number of para-hydroxylation sites is 1. The lowest BCUT2D eigenvalue weighted by atomic mass is 10.1. The van der Waals surface area contributed by atoms with Gasteiger partial charge in [-0.3, -0.25) is 14.9 Å². The smallest absolute Gasteiger partial charge is 0.311 e. The Bertz CT molecular complexity index is 515. The maximum Gasteiger partial charge on any atom is 0.311 e. The predicted molar refractivity (Wildman–Crippen MR) is 72.8 cm³/mol. The van der Waals surface area contributed by atoms with Crippen molar-refractivity contribution in [3.8, 4) is 5.75 Å². The molecule has 1 N–H and O–H groups in total. The normalized spacial score (nSPS) is 9.90. The van der Waals surface area contributed by atoms with Gasteiger partial charge in [-0.2, -0.15) is 0 Å². The quantitative estimate of drug-likeness (QED) is 0.460. The van der Waals surface area contributed by atoms with Crippen LogP contribution in [0.1, 0.15) is 10.4 Å². The van der Waals surface area contributed by atoms with Crippen LogP contribution in [-0.2, 0) is 0 Å². The van der Waals surface area contributed by atoms with Crippen molar-refractivity contribution in [3.05, 3.63) is 46.5 Å². The highest BCUT2D eigenvalue weighted by Gasteiger charge is 2.25. The van der Waals surface area contributed by atoms with Crippen LogP contribution in [0, 0.1) is 10.1 Å². The van der Waals surface area contributed by atoms with E-state index in [4.69, 9.17) is 9.84 Å². The van der Waals surface area contributed by atoms with Crippen LogP contribution in [0.2, 0.25) is 0 Å². The van der Waals surface area contributed by atoms with E-state index < -0.39 is 10.8 Å². The third-order valence-electron chi connectivity index (χ3n) is 2.63. The van der Waals surface area contributed by atoms with E-state index in [0.29, 0.717) is 0 Å². The van der Waals surface area contributed by atoms with Gasteiger partial charge in [-0.1, -0.05) is 12.1 Å². The molecule has 0 saturated heterocycles. The van der Waals surface area contributed by atoms with Crippen molar-refractivity contribution in [3.63, 3.8) is 0 Å². The van der Waals surface area contributed by atoms with Crippen LogP contribution in [0.25, 0.3) is 0 Å². The van der Waals surface area contributed by atoms with Gasteiger partial charge >= 0.3 is 5.69 Å². The van der Waals surface area contributed by atoms with Gasteiger partial charge in [0.2, 0.25) is 5.75 Å². The zero-order chi connectivity index (χ0) is 15.1. The first-order valence-electron chi connectivity index (χ1n) is 5.89. The first-order chi connectivity index (χ1) is 9.56. The van der Waals surface area contributed by atoms with E-state index in [-0.39, 0.29) is 36.7 Å². The van der Waals surface area contributed by atoms with Gasteiger partial charge in [0, 0.05) is 19.2 Å². The lowest BCUT2D eigenvalue weighted by Crippen LogP contribution is -2.34. The highest BCUT2D eigenvalue weighted by atomic mass is 16.6. The Morgan fingerprint density at radius 2 is 2.30 bits per heavy atom. The highest BCUT2D eigenvalue weighted by Crippen LogP contribution is 2.31. The van der Waals surface area contributed by atoms with Crippen LogP contribution < -0.4 is 4.74 Å². The summed E-state index contributed by atoms with van der Waals surface area (Å²) in [5.74, 6) is -0.547. The largest absolute Gasteiger partial charge is 0.490 e. The number of amides is 1. The maximum absolute atomic E-state index is 12.3. The lowest BCUT2D eigenvalue weighted by molar-refractivity contribution is -0.385. The number of nitro groups is 1. The number of nitrogens with zero attached hydrogens (tertiary/aromatic N) is 2. The monoisotopic (exact) mass is 280 g/mol. The average Bonchev–Trinajstić information content (AvgIpc) is 2.45. The van der Waals surface area contributed by atoms with Gasteiger partial charge in [0.05, 0.1) is 24.2 Å². The molecule has 0 heterocycles. The van der Waals surface area contributed by atoms with Gasteiger partial charge in [0.25, 0.3) is 5.91 Å². The van der Waals surface area contributed by atoms with Crippen molar-refractivity contribution in [1.29, 1.82) is 0 Å². The molecule has 0 radical (unpaired) electrons. The van der Waals surface area contributed by atoms with Crippen molar-refractivity contribution < 1.29 is 19.6 Å². The molecular formula is C13H16N2O5. The molecule has 0 aliphatic carbocycles. The van der Waals surface area contributed by atoms with Crippen molar-refractivity contribution in [2.45, 2.75) is 0 Å². The van der Waals surface area contributed by atoms with E-state index in [9.17, 15) is 14.9 Å². The first-order valence-corrected chi connectivity index (χ1v) is 5.89. The number of methoxy groups -OCH3 is 1. The third-order valence-corrected chi connectivity index (χ3v) is 2.63. The summed E-state index contributed by atoms with van der Waals surface area (Å²) < 4.78 is 4.99. The molecule has 0 unspecified atom stereocenters. The van der Waals surface area contributed by atoms with Crippen LogP contribution in [0.15, 0.2) is 30.9 Å². The van der Waals surface area contributed by atoms with Crippen molar-refractivity contribution in [1.82, 2.24) is 4.90 Å². The second-order valence-electron chi connectivity index (χ2n) is 3.88. The summed E-state index contributed by atoms with van der Waals surface area (Å²) in [4.78, 5) is 24.0. The van der Waals surface area contributed by atoms with E-state index in [1.165, 1.54) is 36.3 Å². The Morgan fingerprint density at radius 1 is 1.60 bits per heavy atom. The zero-order valence-corrected chi connectivity index (χ0v) is 11.1. The standard InChI is InChI=1S/C13H16N2O5/c1-3-7-14(8-9-16)13(17)10-5-4-6-11(15(18)19)12(10)20-2/h3-6,16H,1,7-9H2,2H3. The summed E-state index contributed by atoms with van der Waals surface area (Å²) in [5, 5.41) is 19.9. The van der Waals surface area contributed by atoms with Crippen LogP contribution in [0.5, 0.6) is 5.75 Å². The number of benzene rings is 1. The Balaban J connectivity index is 3.23. The molecule has 1 amide bonds. The van der Waals surface area contributed by atoms with Crippen LogP contribution in [0.3, 0.4) is 0 Å². The summed E-state index contributed by atoms with van der Waals surface area (Å²) in [6.07, 6.45) is 1.51. The fraction of sp³-hybridized carbons (Fsp3) is 0.308. The van der Waals surface area contributed by atoms with Crippen molar-refractivity contribution in [2.24, 2.45) is 0 Å². The fourth-order valence-electron chi connectivity index (χ4n) is 1.77. The van der Waals surface area contributed by atoms with E-state index >= 15 is 0 Å². The minimum absolute atomic E-state index is 0.0806. The molecule has 0 bridgehead atoms. The molecule has 0 saturated carbocycles. The zero-order valence-electron chi connectivity index (χ0n) is 11.1. The van der Waals surface area contributed by atoms with Gasteiger partial charge in [-0.25, -0.2) is 0 Å². The summed E-state index contributed by atoms with van der Waals surface area (Å²) in [7, 11) is 1.27. The van der Waals surface area contributed by atoms with Crippen LogP contribution in [0.4, 0.5) is 5.69 Å². The summed E-state index contributed by atoms with van der Waals surface area (Å²) in [6, 6.07) is 4.13. The minimum atomic E-state index is -0.612. The molecule has 0 spiro atoms.